The molecule has 0 radical (unpaired) electrons. The molecule has 2 aromatic carbocycles. The van der Waals surface area contributed by atoms with Crippen LogP contribution in [0.5, 0.6) is 5.75 Å². The van der Waals surface area contributed by atoms with Crippen molar-refractivity contribution in [2.75, 3.05) is 13.1 Å². The van der Waals surface area contributed by atoms with Gasteiger partial charge in [-0.1, -0.05) is 42.5 Å². The Morgan fingerprint density at radius 1 is 1.08 bits per heavy atom. The van der Waals surface area contributed by atoms with Crippen molar-refractivity contribution in [2.45, 2.75) is 19.1 Å². The minimum Gasteiger partial charge on any atom is -0.488 e. The first-order chi connectivity index (χ1) is 12.2. The first kappa shape index (κ1) is 15.7. The topological polar surface area (TPSA) is 58.6 Å². The number of hydrogen-bond donors (Lipinski definition) is 1. The van der Waals surface area contributed by atoms with Gasteiger partial charge < -0.3 is 15.0 Å². The molecule has 2 aromatic rings. The summed E-state index contributed by atoms with van der Waals surface area (Å²) >= 11 is 0. The highest BCUT2D eigenvalue weighted by Crippen LogP contribution is 2.29. The maximum absolute atomic E-state index is 12.9. The quantitative estimate of drug-likeness (QED) is 0.931. The second kappa shape index (κ2) is 6.59. The van der Waals surface area contributed by atoms with Gasteiger partial charge in [0.15, 0.2) is 0 Å². The van der Waals surface area contributed by atoms with Crippen molar-refractivity contribution < 1.29 is 14.3 Å². The number of nitrogens with one attached hydrogen (secondary N) is 1. The number of para-hydroxylation sites is 1. The molecule has 0 spiro atoms. The number of amides is 2. The van der Waals surface area contributed by atoms with Gasteiger partial charge in [-0.25, -0.2) is 0 Å². The van der Waals surface area contributed by atoms with Gasteiger partial charge in [0.1, 0.15) is 12.4 Å². The third-order valence-corrected chi connectivity index (χ3v) is 4.88. The molecular weight excluding hydrogens is 316 g/mol. The molecule has 2 aliphatic rings. The number of carbonyl (C=O) groups excluding carboxylic acids is 2. The van der Waals surface area contributed by atoms with Crippen LogP contribution in [0.3, 0.4) is 0 Å². The van der Waals surface area contributed by atoms with Gasteiger partial charge in [-0.2, -0.15) is 0 Å². The lowest BCUT2D eigenvalue weighted by Crippen LogP contribution is -2.35. The molecule has 2 fully saturated rings. The number of fused-ring (bicyclic) bond motifs is 1. The van der Waals surface area contributed by atoms with E-state index in [0.717, 1.165) is 5.56 Å². The van der Waals surface area contributed by atoms with E-state index in [2.05, 4.69) is 5.32 Å². The lowest BCUT2D eigenvalue weighted by Gasteiger charge is -2.19. The van der Waals surface area contributed by atoms with E-state index in [1.807, 2.05) is 53.4 Å². The molecule has 5 heteroatoms. The molecular formula is C20H20N2O3. The number of rotatable bonds is 4. The zero-order valence-corrected chi connectivity index (χ0v) is 13.9. The average Bonchev–Trinajstić information content (AvgIpc) is 3.18. The Morgan fingerprint density at radius 3 is 2.64 bits per heavy atom. The third-order valence-electron chi connectivity index (χ3n) is 4.88. The number of likely N-dealkylation sites (tertiary alicyclic amines) is 1. The molecule has 0 aliphatic carbocycles. The van der Waals surface area contributed by atoms with Crippen LogP contribution >= 0.6 is 0 Å². The Bertz CT molecular complexity index is 775. The summed E-state index contributed by atoms with van der Waals surface area (Å²) in [5.41, 5.74) is 1.63. The summed E-state index contributed by atoms with van der Waals surface area (Å²) in [6.07, 6.45) is 0.514. The Labute approximate surface area is 146 Å². The van der Waals surface area contributed by atoms with Gasteiger partial charge in [-0.15, -0.1) is 0 Å². The number of hydrogen-bond acceptors (Lipinski definition) is 3. The van der Waals surface area contributed by atoms with Crippen molar-refractivity contribution >= 4 is 11.8 Å². The molecule has 0 aromatic heterocycles. The normalized spacial score (nSPS) is 21.8. The van der Waals surface area contributed by atoms with Gasteiger partial charge in [0.05, 0.1) is 11.6 Å². The van der Waals surface area contributed by atoms with E-state index in [0.29, 0.717) is 37.4 Å². The Hall–Kier alpha value is -2.82. The highest BCUT2D eigenvalue weighted by atomic mass is 16.5. The fourth-order valence-electron chi connectivity index (χ4n) is 3.59. The molecule has 25 heavy (non-hydrogen) atoms. The smallest absolute Gasteiger partial charge is 0.257 e. The molecule has 2 amide bonds. The van der Waals surface area contributed by atoms with E-state index >= 15 is 0 Å². The maximum Gasteiger partial charge on any atom is 0.257 e. The van der Waals surface area contributed by atoms with Gasteiger partial charge in [0, 0.05) is 25.4 Å². The summed E-state index contributed by atoms with van der Waals surface area (Å²) in [4.78, 5) is 26.2. The molecule has 4 rings (SSSR count). The van der Waals surface area contributed by atoms with E-state index in [9.17, 15) is 9.59 Å². The molecule has 2 heterocycles. The van der Waals surface area contributed by atoms with E-state index in [1.54, 1.807) is 6.07 Å². The first-order valence-corrected chi connectivity index (χ1v) is 8.55. The van der Waals surface area contributed by atoms with Crippen molar-refractivity contribution in [3.63, 3.8) is 0 Å². The number of ether oxygens (including phenoxy) is 1. The molecule has 0 bridgehead atoms. The zero-order chi connectivity index (χ0) is 17.2. The summed E-state index contributed by atoms with van der Waals surface area (Å²) in [6.45, 7) is 1.62. The molecule has 2 atom stereocenters. The Balaban J connectivity index is 1.47. The third kappa shape index (κ3) is 3.22. The standard InChI is InChI=1S/C20H20N2O3/c23-19-10-15-11-22(12-17(15)21-19)20(24)16-8-4-5-9-18(16)25-13-14-6-2-1-3-7-14/h1-9,15,17H,10-13H2,(H,21,23)/t15-,17+/m0/s1. The maximum atomic E-state index is 12.9. The SMILES string of the molecule is O=C1C[C@H]2CN(C(=O)c3ccccc3OCc3ccccc3)C[C@H]2N1. The number of benzene rings is 2. The van der Waals surface area contributed by atoms with Crippen molar-refractivity contribution in [1.82, 2.24) is 10.2 Å². The zero-order valence-electron chi connectivity index (χ0n) is 13.9. The summed E-state index contributed by atoms with van der Waals surface area (Å²) in [5, 5.41) is 2.95. The van der Waals surface area contributed by atoms with Crippen LogP contribution in [-0.4, -0.2) is 35.8 Å². The van der Waals surface area contributed by atoms with Gasteiger partial charge in [-0.05, 0) is 17.7 Å². The van der Waals surface area contributed by atoms with E-state index in [-0.39, 0.29) is 23.8 Å². The Morgan fingerprint density at radius 2 is 1.84 bits per heavy atom. The monoisotopic (exact) mass is 336 g/mol. The molecule has 0 unspecified atom stereocenters. The van der Waals surface area contributed by atoms with Crippen LogP contribution in [0.4, 0.5) is 0 Å². The molecule has 2 saturated heterocycles. The van der Waals surface area contributed by atoms with Crippen LogP contribution < -0.4 is 10.1 Å². The summed E-state index contributed by atoms with van der Waals surface area (Å²) in [6, 6.07) is 17.3. The van der Waals surface area contributed by atoms with E-state index < -0.39 is 0 Å². The largest absolute Gasteiger partial charge is 0.488 e. The van der Waals surface area contributed by atoms with Crippen LogP contribution in [0.2, 0.25) is 0 Å². The molecule has 5 nitrogen and oxygen atoms in total. The van der Waals surface area contributed by atoms with Crippen molar-refractivity contribution in [1.29, 1.82) is 0 Å². The fourth-order valence-corrected chi connectivity index (χ4v) is 3.59. The average molecular weight is 336 g/mol. The van der Waals surface area contributed by atoms with Crippen molar-refractivity contribution in [3.05, 3.63) is 65.7 Å². The Kier molecular flexibility index (Phi) is 4.14. The minimum absolute atomic E-state index is 0.0349. The molecule has 2 aliphatic heterocycles. The second-order valence-electron chi connectivity index (χ2n) is 6.62. The number of nitrogens with zero attached hydrogens (tertiary/aromatic N) is 1. The van der Waals surface area contributed by atoms with Gasteiger partial charge in [0.2, 0.25) is 5.91 Å². The fraction of sp³-hybridized carbons (Fsp3) is 0.300. The van der Waals surface area contributed by atoms with Crippen molar-refractivity contribution in [3.8, 4) is 5.75 Å². The summed E-state index contributed by atoms with van der Waals surface area (Å²) in [7, 11) is 0. The van der Waals surface area contributed by atoms with Gasteiger partial charge in [0.25, 0.3) is 5.91 Å². The van der Waals surface area contributed by atoms with Gasteiger partial charge >= 0.3 is 0 Å². The van der Waals surface area contributed by atoms with Crippen LogP contribution in [0.1, 0.15) is 22.3 Å². The van der Waals surface area contributed by atoms with Crippen LogP contribution in [0.15, 0.2) is 54.6 Å². The summed E-state index contributed by atoms with van der Waals surface area (Å²) in [5.74, 6) is 0.882. The first-order valence-electron chi connectivity index (χ1n) is 8.55. The lowest BCUT2D eigenvalue weighted by molar-refractivity contribution is -0.119. The lowest BCUT2D eigenvalue weighted by atomic mass is 10.1. The summed E-state index contributed by atoms with van der Waals surface area (Å²) < 4.78 is 5.90. The van der Waals surface area contributed by atoms with Crippen molar-refractivity contribution in [2.24, 2.45) is 5.92 Å². The predicted octanol–water partition coefficient (Wildman–Crippen LogP) is 2.23. The number of carbonyl (C=O) groups is 2. The van der Waals surface area contributed by atoms with Crippen LogP contribution in [0.25, 0.3) is 0 Å². The highest BCUT2D eigenvalue weighted by Gasteiger charge is 2.42. The van der Waals surface area contributed by atoms with E-state index in [1.165, 1.54) is 0 Å². The highest BCUT2D eigenvalue weighted by molar-refractivity contribution is 5.97. The molecule has 128 valence electrons. The van der Waals surface area contributed by atoms with Crippen LogP contribution in [0, 0.1) is 5.92 Å². The second-order valence-corrected chi connectivity index (χ2v) is 6.62. The van der Waals surface area contributed by atoms with Crippen LogP contribution in [-0.2, 0) is 11.4 Å². The molecule has 0 saturated carbocycles. The predicted molar refractivity (Wildman–Crippen MR) is 93.2 cm³/mol. The molecule has 1 N–H and O–H groups in total. The van der Waals surface area contributed by atoms with Gasteiger partial charge in [-0.3, -0.25) is 9.59 Å². The van der Waals surface area contributed by atoms with E-state index in [4.69, 9.17) is 4.74 Å². The minimum atomic E-state index is -0.0349.